The molecule has 0 radical (unpaired) electrons. The summed E-state index contributed by atoms with van der Waals surface area (Å²) in [4.78, 5) is 12.1. The van der Waals surface area contributed by atoms with Crippen molar-refractivity contribution >= 4 is 38.5 Å². The second-order valence-electron chi connectivity index (χ2n) is 6.86. The summed E-state index contributed by atoms with van der Waals surface area (Å²) in [6, 6.07) is 18.0. The monoisotopic (exact) mass is 407 g/mol. The summed E-state index contributed by atoms with van der Waals surface area (Å²) in [7, 11) is -2.28. The Morgan fingerprint density at radius 3 is 2.48 bits per heavy atom. The summed E-state index contributed by atoms with van der Waals surface area (Å²) in [5, 5.41) is 1.71. The third-order valence-electron chi connectivity index (χ3n) is 5.08. The molecule has 1 heterocycles. The van der Waals surface area contributed by atoms with Crippen LogP contribution in [0.3, 0.4) is 0 Å². The van der Waals surface area contributed by atoms with Gasteiger partial charge in [-0.2, -0.15) is 0 Å². The zero-order valence-electron chi connectivity index (χ0n) is 16.3. The highest BCUT2D eigenvalue weighted by atomic mass is 32.2. The zero-order chi connectivity index (χ0) is 20.6. The van der Waals surface area contributed by atoms with Crippen LogP contribution < -0.4 is 0 Å². The molecule has 6 heteroatoms. The van der Waals surface area contributed by atoms with Crippen LogP contribution in [0.25, 0.3) is 22.2 Å². The van der Waals surface area contributed by atoms with Crippen molar-refractivity contribution in [3.63, 3.8) is 0 Å². The molecule has 0 unspecified atom stereocenters. The third-order valence-corrected chi connectivity index (χ3v) is 6.89. The molecule has 29 heavy (non-hydrogen) atoms. The molecule has 0 saturated carbocycles. The fourth-order valence-corrected chi connectivity index (χ4v) is 5.09. The zero-order valence-corrected chi connectivity index (χ0v) is 17.1. The van der Waals surface area contributed by atoms with E-state index < -0.39 is 10.0 Å². The molecule has 0 aromatic heterocycles. The quantitative estimate of drug-likeness (QED) is 0.583. The van der Waals surface area contributed by atoms with E-state index in [1.54, 1.807) is 30.3 Å². The van der Waals surface area contributed by atoms with Crippen LogP contribution in [0.15, 0.2) is 65.6 Å². The first kappa shape index (κ1) is 19.2. The fraction of sp³-hybridized carbons (Fsp3) is 0.174. The van der Waals surface area contributed by atoms with Gasteiger partial charge in [0, 0.05) is 23.7 Å². The smallest absolute Gasteiger partial charge is 0.264 e. The first-order valence-electron chi connectivity index (χ1n) is 9.43. The van der Waals surface area contributed by atoms with Crippen LogP contribution in [0.4, 0.5) is 0 Å². The molecular weight excluding hydrogens is 386 g/mol. The predicted molar refractivity (Wildman–Crippen MR) is 114 cm³/mol. The molecule has 3 aromatic carbocycles. The summed E-state index contributed by atoms with van der Waals surface area (Å²) >= 11 is 0. The molecular formula is C23H21NO4S. The lowest BCUT2D eigenvalue weighted by Crippen LogP contribution is -2.31. The van der Waals surface area contributed by atoms with Crippen molar-refractivity contribution in [1.82, 2.24) is 4.31 Å². The summed E-state index contributed by atoms with van der Waals surface area (Å²) in [6.07, 6.45) is 1.53. The Balaban J connectivity index is 2.16. The van der Waals surface area contributed by atoms with Gasteiger partial charge in [-0.05, 0) is 29.3 Å². The Kier molecular flexibility index (Phi) is 4.88. The molecule has 0 saturated heterocycles. The second kappa shape index (κ2) is 7.37. The summed E-state index contributed by atoms with van der Waals surface area (Å²) in [6.45, 7) is 2.42. The number of fused-ring (bicyclic) bond motifs is 2. The van der Waals surface area contributed by atoms with Gasteiger partial charge in [-0.15, -0.1) is 0 Å². The van der Waals surface area contributed by atoms with E-state index in [4.69, 9.17) is 4.74 Å². The number of carbonyl (C=O) groups excluding carboxylic acids is 1. The van der Waals surface area contributed by atoms with Gasteiger partial charge in [0.05, 0.1) is 11.5 Å². The summed E-state index contributed by atoms with van der Waals surface area (Å²) < 4.78 is 33.9. The molecule has 0 amide bonds. The molecule has 4 rings (SSSR count). The van der Waals surface area contributed by atoms with E-state index in [-0.39, 0.29) is 4.90 Å². The van der Waals surface area contributed by atoms with Crippen molar-refractivity contribution in [2.75, 3.05) is 13.7 Å². The minimum absolute atomic E-state index is 0.199. The highest BCUT2D eigenvalue weighted by Gasteiger charge is 2.37. The summed E-state index contributed by atoms with van der Waals surface area (Å²) in [5.41, 5.74) is 1.87. The number of benzene rings is 3. The van der Waals surface area contributed by atoms with Gasteiger partial charge in [0.25, 0.3) is 10.0 Å². The average molecular weight is 407 g/mol. The predicted octanol–water partition coefficient (Wildman–Crippen LogP) is 4.54. The molecule has 0 N–H and O–H groups in total. The maximum absolute atomic E-state index is 13.3. The van der Waals surface area contributed by atoms with Gasteiger partial charge in [0.2, 0.25) is 0 Å². The molecule has 0 fully saturated rings. The number of nitrogens with zero attached hydrogens (tertiary/aromatic N) is 1. The number of sulfonamides is 1. The van der Waals surface area contributed by atoms with Crippen molar-refractivity contribution in [2.24, 2.45) is 0 Å². The Morgan fingerprint density at radius 2 is 1.72 bits per heavy atom. The SMILES string of the molecule is CCCOC1=C(c2c(C=O)ccc3ccccc23)N(C)S(=O)(=O)c2ccccc21. The highest BCUT2D eigenvalue weighted by Crippen LogP contribution is 2.43. The maximum Gasteiger partial charge on any atom is 0.264 e. The molecule has 0 atom stereocenters. The first-order valence-corrected chi connectivity index (χ1v) is 10.9. The standard InChI is InChI=1S/C23H21NO4S/c1-3-14-28-23-19-10-6-7-11-20(19)29(26,27)24(2)22(23)21-17(15-25)13-12-16-8-4-5-9-18(16)21/h4-13,15H,3,14H2,1-2H3. The Hall–Kier alpha value is -3.12. The van der Waals surface area contributed by atoms with Gasteiger partial charge in [0.15, 0.2) is 12.0 Å². The van der Waals surface area contributed by atoms with Gasteiger partial charge in [-0.25, -0.2) is 8.42 Å². The molecule has 148 valence electrons. The van der Waals surface area contributed by atoms with Crippen molar-refractivity contribution < 1.29 is 17.9 Å². The number of carbonyl (C=O) groups is 1. The molecule has 0 aliphatic carbocycles. The van der Waals surface area contributed by atoms with Crippen LogP contribution in [0.5, 0.6) is 0 Å². The largest absolute Gasteiger partial charge is 0.491 e. The van der Waals surface area contributed by atoms with E-state index >= 15 is 0 Å². The topological polar surface area (TPSA) is 63.7 Å². The molecule has 3 aromatic rings. The van der Waals surface area contributed by atoms with Gasteiger partial charge < -0.3 is 4.74 Å². The van der Waals surface area contributed by atoms with Crippen molar-refractivity contribution in [3.8, 4) is 0 Å². The van der Waals surface area contributed by atoms with Crippen LogP contribution in [0.2, 0.25) is 0 Å². The van der Waals surface area contributed by atoms with E-state index in [2.05, 4.69) is 0 Å². The minimum Gasteiger partial charge on any atom is -0.491 e. The Labute approximate surface area is 170 Å². The molecule has 1 aliphatic heterocycles. The number of rotatable bonds is 5. The normalized spacial score (nSPS) is 15.3. The minimum atomic E-state index is -3.79. The first-order chi connectivity index (χ1) is 14.0. The second-order valence-corrected chi connectivity index (χ2v) is 8.80. The fourth-order valence-electron chi connectivity index (χ4n) is 3.69. The van der Waals surface area contributed by atoms with Crippen LogP contribution in [-0.2, 0) is 14.8 Å². The van der Waals surface area contributed by atoms with Gasteiger partial charge in [0.1, 0.15) is 5.70 Å². The van der Waals surface area contributed by atoms with Crippen LogP contribution in [0.1, 0.15) is 34.8 Å². The number of aldehydes is 1. The van der Waals surface area contributed by atoms with E-state index in [1.165, 1.54) is 11.4 Å². The van der Waals surface area contributed by atoms with E-state index in [0.717, 1.165) is 23.5 Å². The number of hydrogen-bond acceptors (Lipinski definition) is 4. The molecule has 0 bridgehead atoms. The maximum atomic E-state index is 13.3. The van der Waals surface area contributed by atoms with Crippen LogP contribution in [-0.4, -0.2) is 32.7 Å². The molecule has 0 spiro atoms. The number of hydrogen-bond donors (Lipinski definition) is 0. The van der Waals surface area contributed by atoms with Crippen molar-refractivity contribution in [1.29, 1.82) is 0 Å². The lowest BCUT2D eigenvalue weighted by Gasteiger charge is -2.32. The van der Waals surface area contributed by atoms with Crippen LogP contribution >= 0.6 is 0 Å². The van der Waals surface area contributed by atoms with Crippen LogP contribution in [0, 0.1) is 0 Å². The van der Waals surface area contributed by atoms with Crippen molar-refractivity contribution in [3.05, 3.63) is 77.4 Å². The van der Waals surface area contributed by atoms with Crippen molar-refractivity contribution in [2.45, 2.75) is 18.2 Å². The molecule has 5 nitrogen and oxygen atoms in total. The Morgan fingerprint density at radius 1 is 1.00 bits per heavy atom. The summed E-state index contributed by atoms with van der Waals surface area (Å²) in [5.74, 6) is 0.472. The van der Waals surface area contributed by atoms with E-state index in [0.29, 0.717) is 34.8 Å². The van der Waals surface area contributed by atoms with Gasteiger partial charge >= 0.3 is 0 Å². The number of ether oxygens (including phenoxy) is 1. The van der Waals surface area contributed by atoms with E-state index in [9.17, 15) is 13.2 Å². The molecule has 1 aliphatic rings. The Bertz CT molecular complexity index is 1240. The average Bonchev–Trinajstić information content (AvgIpc) is 2.75. The highest BCUT2D eigenvalue weighted by molar-refractivity contribution is 7.89. The van der Waals surface area contributed by atoms with E-state index in [1.807, 2.05) is 37.3 Å². The van der Waals surface area contributed by atoms with Gasteiger partial charge in [-0.1, -0.05) is 55.5 Å². The lowest BCUT2D eigenvalue weighted by atomic mass is 9.95. The third kappa shape index (κ3) is 3.00. The lowest BCUT2D eigenvalue weighted by molar-refractivity contribution is 0.112. The van der Waals surface area contributed by atoms with Gasteiger partial charge in [-0.3, -0.25) is 9.10 Å².